The van der Waals surface area contributed by atoms with Gasteiger partial charge in [-0.2, -0.15) is 0 Å². The van der Waals surface area contributed by atoms with Crippen LogP contribution in [0.5, 0.6) is 0 Å². The van der Waals surface area contributed by atoms with Crippen LogP contribution in [0, 0.1) is 13.8 Å². The predicted octanol–water partition coefficient (Wildman–Crippen LogP) is 3.82. The topological polar surface area (TPSA) is 45.2 Å². The van der Waals surface area contributed by atoms with Gasteiger partial charge in [-0.05, 0) is 37.3 Å². The molecule has 0 saturated heterocycles. The van der Waals surface area contributed by atoms with Crippen LogP contribution < -0.4 is 5.32 Å². The maximum Gasteiger partial charge on any atom is 0.318 e. The summed E-state index contributed by atoms with van der Waals surface area (Å²) in [4.78, 5) is 21.0. The normalized spacial score (nSPS) is 14.8. The minimum Gasteiger partial charge on any atom is -0.331 e. The van der Waals surface area contributed by atoms with Crippen molar-refractivity contribution in [3.8, 4) is 0 Å². The fourth-order valence-corrected chi connectivity index (χ4v) is 4.09. The number of aromatic nitrogens is 1. The SMILES string of the molecule is Cc1nc(CNC(=O)N2CC=C(c3cccs3)CC2)sc1C. The molecule has 2 amide bonds. The third-order valence-electron chi connectivity index (χ3n) is 3.80. The number of hydrogen-bond donors (Lipinski definition) is 1. The summed E-state index contributed by atoms with van der Waals surface area (Å²) in [5.41, 5.74) is 2.40. The highest BCUT2D eigenvalue weighted by Crippen LogP contribution is 2.26. The number of aryl methyl sites for hydroxylation is 2. The Morgan fingerprint density at radius 2 is 2.32 bits per heavy atom. The number of rotatable bonds is 3. The van der Waals surface area contributed by atoms with E-state index in [9.17, 15) is 4.79 Å². The first-order valence-electron chi connectivity index (χ1n) is 7.32. The number of hydrogen-bond acceptors (Lipinski definition) is 4. The molecule has 4 nitrogen and oxygen atoms in total. The van der Waals surface area contributed by atoms with Gasteiger partial charge in [0.1, 0.15) is 5.01 Å². The number of carbonyl (C=O) groups excluding carboxylic acids is 1. The quantitative estimate of drug-likeness (QED) is 0.928. The molecule has 0 bridgehead atoms. The molecule has 22 heavy (non-hydrogen) atoms. The summed E-state index contributed by atoms with van der Waals surface area (Å²) < 4.78 is 0. The zero-order valence-corrected chi connectivity index (χ0v) is 14.4. The third kappa shape index (κ3) is 3.39. The first-order chi connectivity index (χ1) is 10.6. The van der Waals surface area contributed by atoms with Crippen LogP contribution in [0.4, 0.5) is 4.79 Å². The smallest absolute Gasteiger partial charge is 0.318 e. The average Bonchev–Trinajstić information content (AvgIpc) is 3.16. The molecule has 0 unspecified atom stereocenters. The predicted molar refractivity (Wildman–Crippen MR) is 92.3 cm³/mol. The second-order valence-corrected chi connectivity index (χ2v) is 7.55. The fraction of sp³-hybridized carbons (Fsp3) is 0.375. The number of nitrogens with one attached hydrogen (secondary N) is 1. The van der Waals surface area contributed by atoms with Crippen LogP contribution in [0.1, 0.15) is 26.9 Å². The van der Waals surface area contributed by atoms with E-state index in [4.69, 9.17) is 0 Å². The molecule has 1 N–H and O–H groups in total. The van der Waals surface area contributed by atoms with E-state index in [1.165, 1.54) is 15.3 Å². The summed E-state index contributed by atoms with van der Waals surface area (Å²) in [6.45, 7) is 6.01. The third-order valence-corrected chi connectivity index (χ3v) is 5.82. The molecule has 3 rings (SSSR count). The van der Waals surface area contributed by atoms with Crippen molar-refractivity contribution in [2.45, 2.75) is 26.8 Å². The van der Waals surface area contributed by atoms with E-state index in [1.54, 1.807) is 22.7 Å². The van der Waals surface area contributed by atoms with E-state index in [-0.39, 0.29) is 6.03 Å². The molecule has 2 aromatic heterocycles. The summed E-state index contributed by atoms with van der Waals surface area (Å²) in [5, 5.41) is 6.03. The Labute approximate surface area is 138 Å². The van der Waals surface area contributed by atoms with Gasteiger partial charge in [0.25, 0.3) is 0 Å². The van der Waals surface area contributed by atoms with Gasteiger partial charge < -0.3 is 10.2 Å². The lowest BCUT2D eigenvalue weighted by atomic mass is 10.1. The van der Waals surface area contributed by atoms with Crippen molar-refractivity contribution in [3.63, 3.8) is 0 Å². The number of urea groups is 1. The minimum atomic E-state index is -0.00742. The van der Waals surface area contributed by atoms with E-state index in [2.05, 4.69) is 40.8 Å². The average molecular weight is 333 g/mol. The molecule has 0 atom stereocenters. The van der Waals surface area contributed by atoms with Crippen LogP contribution >= 0.6 is 22.7 Å². The lowest BCUT2D eigenvalue weighted by Crippen LogP contribution is -2.41. The molecule has 116 valence electrons. The highest BCUT2D eigenvalue weighted by molar-refractivity contribution is 7.11. The van der Waals surface area contributed by atoms with Gasteiger partial charge in [-0.25, -0.2) is 9.78 Å². The van der Waals surface area contributed by atoms with Crippen molar-refractivity contribution in [2.75, 3.05) is 13.1 Å². The zero-order chi connectivity index (χ0) is 15.5. The van der Waals surface area contributed by atoms with E-state index in [0.717, 1.165) is 23.7 Å². The molecule has 2 aromatic rings. The Morgan fingerprint density at radius 1 is 1.45 bits per heavy atom. The number of nitrogens with zero attached hydrogens (tertiary/aromatic N) is 2. The van der Waals surface area contributed by atoms with Crippen molar-refractivity contribution in [2.24, 2.45) is 0 Å². The first-order valence-corrected chi connectivity index (χ1v) is 9.01. The molecule has 0 saturated carbocycles. The van der Waals surface area contributed by atoms with E-state index < -0.39 is 0 Å². The fourth-order valence-electron chi connectivity index (χ4n) is 2.42. The van der Waals surface area contributed by atoms with Crippen molar-refractivity contribution in [1.82, 2.24) is 15.2 Å². The number of thiazole rings is 1. The number of amides is 2. The van der Waals surface area contributed by atoms with E-state index >= 15 is 0 Å². The van der Waals surface area contributed by atoms with Crippen LogP contribution in [0.2, 0.25) is 0 Å². The van der Waals surface area contributed by atoms with Crippen LogP contribution in [0.25, 0.3) is 5.57 Å². The molecule has 1 aliphatic heterocycles. The molecule has 6 heteroatoms. The molecule has 0 spiro atoms. The summed E-state index contributed by atoms with van der Waals surface area (Å²) in [6, 6.07) is 4.20. The second kappa shape index (κ2) is 6.62. The molecule has 0 aromatic carbocycles. The Balaban J connectivity index is 1.53. The highest BCUT2D eigenvalue weighted by atomic mass is 32.1. The van der Waals surface area contributed by atoms with Gasteiger partial charge in [0.2, 0.25) is 0 Å². The lowest BCUT2D eigenvalue weighted by Gasteiger charge is -2.26. The Kier molecular flexibility index (Phi) is 4.59. The van der Waals surface area contributed by atoms with Gasteiger partial charge in [-0.3, -0.25) is 0 Å². The van der Waals surface area contributed by atoms with Crippen LogP contribution in [-0.4, -0.2) is 29.0 Å². The second-order valence-electron chi connectivity index (χ2n) is 5.31. The Bertz CT molecular complexity index is 669. The molecule has 3 heterocycles. The van der Waals surface area contributed by atoms with E-state index in [0.29, 0.717) is 13.1 Å². The summed E-state index contributed by atoms with van der Waals surface area (Å²) >= 11 is 3.40. The van der Waals surface area contributed by atoms with Gasteiger partial charge in [-0.15, -0.1) is 22.7 Å². The van der Waals surface area contributed by atoms with Crippen molar-refractivity contribution < 1.29 is 4.79 Å². The standard InChI is InChI=1S/C16H19N3OS2/c1-11-12(2)22-15(18-11)10-17-16(20)19-7-5-13(6-8-19)14-4-3-9-21-14/h3-5,9H,6-8,10H2,1-2H3,(H,17,20). The van der Waals surface area contributed by atoms with Gasteiger partial charge >= 0.3 is 6.03 Å². The van der Waals surface area contributed by atoms with E-state index in [1.807, 2.05) is 11.8 Å². The molecule has 0 radical (unpaired) electrons. The number of thiophene rings is 1. The largest absolute Gasteiger partial charge is 0.331 e. The molecular weight excluding hydrogens is 314 g/mol. The van der Waals surface area contributed by atoms with Crippen LogP contribution in [0.15, 0.2) is 23.6 Å². The monoisotopic (exact) mass is 333 g/mol. The Morgan fingerprint density at radius 3 is 2.91 bits per heavy atom. The maximum absolute atomic E-state index is 12.2. The first kappa shape index (κ1) is 15.2. The van der Waals surface area contributed by atoms with Gasteiger partial charge in [0, 0.05) is 22.8 Å². The van der Waals surface area contributed by atoms with Crippen LogP contribution in [0.3, 0.4) is 0 Å². The summed E-state index contributed by atoms with van der Waals surface area (Å²) in [7, 11) is 0. The molecule has 0 aliphatic carbocycles. The van der Waals surface area contributed by atoms with Crippen molar-refractivity contribution in [1.29, 1.82) is 0 Å². The summed E-state index contributed by atoms with van der Waals surface area (Å²) in [6.07, 6.45) is 3.08. The Hall–Kier alpha value is -1.66. The number of carbonyl (C=O) groups is 1. The zero-order valence-electron chi connectivity index (χ0n) is 12.8. The van der Waals surface area contributed by atoms with Gasteiger partial charge in [0.15, 0.2) is 0 Å². The lowest BCUT2D eigenvalue weighted by molar-refractivity contribution is 0.202. The van der Waals surface area contributed by atoms with Crippen LogP contribution in [-0.2, 0) is 6.54 Å². The molecular formula is C16H19N3OS2. The summed E-state index contributed by atoms with van der Waals surface area (Å²) in [5.74, 6) is 0. The highest BCUT2D eigenvalue weighted by Gasteiger charge is 2.18. The molecule has 0 fully saturated rings. The minimum absolute atomic E-state index is 0.00742. The van der Waals surface area contributed by atoms with Gasteiger partial charge in [0.05, 0.1) is 12.2 Å². The molecule has 1 aliphatic rings. The maximum atomic E-state index is 12.2. The van der Waals surface area contributed by atoms with Crippen molar-refractivity contribution in [3.05, 3.63) is 44.0 Å². The van der Waals surface area contributed by atoms with Gasteiger partial charge in [-0.1, -0.05) is 12.1 Å². The van der Waals surface area contributed by atoms with Crippen molar-refractivity contribution >= 4 is 34.3 Å².